The van der Waals surface area contributed by atoms with Gasteiger partial charge in [0.15, 0.2) is 5.54 Å². The van der Waals surface area contributed by atoms with Crippen molar-refractivity contribution in [2.24, 2.45) is 0 Å². The molecule has 0 radical (unpaired) electrons. The molecule has 0 saturated heterocycles. The van der Waals surface area contributed by atoms with Crippen LogP contribution in [0.25, 0.3) is 0 Å². The van der Waals surface area contributed by atoms with Crippen molar-refractivity contribution in [1.82, 2.24) is 4.90 Å². The summed E-state index contributed by atoms with van der Waals surface area (Å²) in [5, 5.41) is 0. The summed E-state index contributed by atoms with van der Waals surface area (Å²) >= 11 is 0. The molecule has 24 heavy (non-hydrogen) atoms. The van der Waals surface area contributed by atoms with Crippen LogP contribution in [0.3, 0.4) is 0 Å². The van der Waals surface area contributed by atoms with Gasteiger partial charge in [-0.15, -0.1) is 13.2 Å². The van der Waals surface area contributed by atoms with E-state index < -0.39 is 11.5 Å². The molecule has 1 atom stereocenters. The molecule has 1 heterocycles. The number of hydrogen-bond donors (Lipinski definition) is 0. The Bertz CT molecular complexity index is 560. The maximum Gasteiger partial charge on any atom is 0.339 e. The van der Waals surface area contributed by atoms with Gasteiger partial charge in [-0.25, -0.2) is 9.59 Å². The van der Waals surface area contributed by atoms with Gasteiger partial charge in [-0.1, -0.05) is 12.2 Å². The van der Waals surface area contributed by atoms with E-state index in [9.17, 15) is 9.59 Å². The molecule has 0 N–H and O–H groups in total. The Morgan fingerprint density at radius 2 is 1.79 bits per heavy atom. The third-order valence-electron chi connectivity index (χ3n) is 3.40. The molecule has 0 saturated carbocycles. The van der Waals surface area contributed by atoms with Gasteiger partial charge in [0, 0.05) is 19.2 Å². The van der Waals surface area contributed by atoms with Gasteiger partial charge in [-0.05, 0) is 39.8 Å². The van der Waals surface area contributed by atoms with Crippen LogP contribution in [0.5, 0.6) is 0 Å². The number of carbonyl (C=O) groups is 2. The summed E-state index contributed by atoms with van der Waals surface area (Å²) in [4.78, 5) is 26.6. The molecule has 0 aromatic carbocycles. The van der Waals surface area contributed by atoms with Gasteiger partial charge >= 0.3 is 11.9 Å². The molecule has 0 aromatic rings. The van der Waals surface area contributed by atoms with Crippen LogP contribution in [0.2, 0.25) is 0 Å². The van der Waals surface area contributed by atoms with E-state index in [2.05, 4.69) is 13.2 Å². The van der Waals surface area contributed by atoms with Crippen molar-refractivity contribution in [3.8, 4) is 0 Å². The lowest BCUT2D eigenvalue weighted by atomic mass is 9.89. The van der Waals surface area contributed by atoms with Crippen LogP contribution in [-0.2, 0) is 19.1 Å². The molecule has 0 bridgehead atoms. The van der Waals surface area contributed by atoms with E-state index in [0.717, 1.165) is 0 Å². The second kappa shape index (κ2) is 8.52. The van der Waals surface area contributed by atoms with Crippen LogP contribution >= 0.6 is 0 Å². The van der Waals surface area contributed by atoms with Crippen LogP contribution in [0.4, 0.5) is 0 Å². The highest BCUT2D eigenvalue weighted by molar-refractivity contribution is 5.94. The average molecular weight is 333 g/mol. The van der Waals surface area contributed by atoms with Crippen LogP contribution in [0.1, 0.15) is 34.1 Å². The van der Waals surface area contributed by atoms with Crippen LogP contribution in [-0.4, -0.2) is 41.1 Å². The van der Waals surface area contributed by atoms with E-state index in [-0.39, 0.29) is 18.2 Å². The first-order valence-corrected chi connectivity index (χ1v) is 8.08. The second-order valence-electron chi connectivity index (χ2n) is 6.18. The van der Waals surface area contributed by atoms with E-state index in [4.69, 9.17) is 9.47 Å². The Balaban J connectivity index is 3.21. The van der Waals surface area contributed by atoms with E-state index >= 15 is 0 Å². The highest BCUT2D eigenvalue weighted by Gasteiger charge is 2.43. The Morgan fingerprint density at radius 3 is 2.29 bits per heavy atom. The standard InChI is InChI=1S/C19H27NO4/c1-7-10-19(18(22)24-15(5)6)11-9-16(13-20(19)12-8-2)17(21)23-14(3)4/h7-9,11,13-15H,1-2,10,12H2,3-6H3/t19-/m0/s1. The van der Waals surface area contributed by atoms with Crippen molar-refractivity contribution < 1.29 is 19.1 Å². The molecule has 5 heteroatoms. The number of hydrogen-bond acceptors (Lipinski definition) is 5. The summed E-state index contributed by atoms with van der Waals surface area (Å²) in [5.74, 6) is -0.817. The quantitative estimate of drug-likeness (QED) is 0.504. The maximum atomic E-state index is 12.7. The molecule has 0 aromatic heterocycles. The van der Waals surface area contributed by atoms with Gasteiger partial charge in [-0.3, -0.25) is 0 Å². The SMILES string of the molecule is C=CCN1C=C(C(=O)OC(C)C)C=C[C@@]1(CC=C)C(=O)OC(C)C. The lowest BCUT2D eigenvalue weighted by Gasteiger charge is -2.41. The monoisotopic (exact) mass is 333 g/mol. The number of rotatable bonds is 8. The number of esters is 2. The molecule has 1 rings (SSSR count). The molecule has 0 spiro atoms. The molecule has 1 aliphatic heterocycles. The fourth-order valence-corrected chi connectivity index (χ4v) is 2.40. The fourth-order valence-electron chi connectivity index (χ4n) is 2.40. The van der Waals surface area contributed by atoms with E-state index in [1.54, 1.807) is 63.1 Å². The highest BCUT2D eigenvalue weighted by atomic mass is 16.5. The Kier molecular flexibility index (Phi) is 7.01. The molecule has 0 unspecified atom stereocenters. The minimum atomic E-state index is -1.04. The minimum absolute atomic E-state index is 0.217. The number of carbonyl (C=O) groups excluding carboxylic acids is 2. The van der Waals surface area contributed by atoms with Gasteiger partial charge in [0.25, 0.3) is 0 Å². The lowest BCUT2D eigenvalue weighted by molar-refractivity contribution is -0.157. The Morgan fingerprint density at radius 1 is 1.17 bits per heavy atom. The zero-order valence-corrected chi connectivity index (χ0v) is 15.0. The first kappa shape index (κ1) is 19.7. The van der Waals surface area contributed by atoms with E-state index in [1.165, 1.54) is 0 Å². The summed E-state index contributed by atoms with van der Waals surface area (Å²) < 4.78 is 10.6. The predicted molar refractivity (Wildman–Crippen MR) is 94.1 cm³/mol. The van der Waals surface area contributed by atoms with E-state index in [0.29, 0.717) is 18.5 Å². The number of nitrogens with zero attached hydrogens (tertiary/aromatic N) is 1. The van der Waals surface area contributed by atoms with Gasteiger partial charge in [0.05, 0.1) is 17.8 Å². The summed E-state index contributed by atoms with van der Waals surface area (Å²) in [7, 11) is 0. The molecule has 0 amide bonds. The molecule has 0 aliphatic carbocycles. The van der Waals surface area contributed by atoms with Crippen molar-refractivity contribution >= 4 is 11.9 Å². The molecular formula is C19H27NO4. The van der Waals surface area contributed by atoms with Gasteiger partial charge in [0.2, 0.25) is 0 Å². The summed E-state index contributed by atoms with van der Waals surface area (Å²) in [6.07, 6.45) is 8.13. The highest BCUT2D eigenvalue weighted by Crippen LogP contribution is 2.30. The van der Waals surface area contributed by atoms with Crippen LogP contribution in [0, 0.1) is 0 Å². The topological polar surface area (TPSA) is 55.8 Å². The zero-order valence-electron chi connectivity index (χ0n) is 15.0. The predicted octanol–water partition coefficient (Wildman–Crippen LogP) is 3.15. The van der Waals surface area contributed by atoms with E-state index in [1.807, 2.05) is 0 Å². The molecule has 0 fully saturated rings. The number of ether oxygens (including phenoxy) is 2. The Labute approximate surface area is 144 Å². The van der Waals surface area contributed by atoms with Crippen molar-refractivity contribution in [1.29, 1.82) is 0 Å². The zero-order chi connectivity index (χ0) is 18.3. The normalized spacial score (nSPS) is 19.9. The summed E-state index contributed by atoms with van der Waals surface area (Å²) in [5.41, 5.74) is -0.662. The summed E-state index contributed by atoms with van der Waals surface area (Å²) in [6, 6.07) is 0. The fraction of sp³-hybridized carbons (Fsp3) is 0.474. The summed E-state index contributed by atoms with van der Waals surface area (Å²) in [6.45, 7) is 15.0. The van der Waals surface area contributed by atoms with Crippen molar-refractivity contribution in [3.63, 3.8) is 0 Å². The minimum Gasteiger partial charge on any atom is -0.461 e. The van der Waals surface area contributed by atoms with Crippen molar-refractivity contribution in [2.75, 3.05) is 6.54 Å². The molecule has 5 nitrogen and oxygen atoms in total. The first-order chi connectivity index (χ1) is 11.3. The molecule has 132 valence electrons. The smallest absolute Gasteiger partial charge is 0.339 e. The Hall–Kier alpha value is -2.30. The maximum absolute atomic E-state index is 12.7. The second-order valence-corrected chi connectivity index (χ2v) is 6.18. The largest absolute Gasteiger partial charge is 0.461 e. The van der Waals surface area contributed by atoms with Gasteiger partial charge < -0.3 is 14.4 Å². The average Bonchev–Trinajstić information content (AvgIpc) is 2.47. The van der Waals surface area contributed by atoms with Gasteiger partial charge in [0.1, 0.15) is 0 Å². The van der Waals surface area contributed by atoms with Crippen LogP contribution < -0.4 is 0 Å². The molecular weight excluding hydrogens is 306 g/mol. The van der Waals surface area contributed by atoms with Crippen LogP contribution in [0.15, 0.2) is 49.2 Å². The first-order valence-electron chi connectivity index (χ1n) is 8.08. The van der Waals surface area contributed by atoms with Gasteiger partial charge in [-0.2, -0.15) is 0 Å². The molecule has 1 aliphatic rings. The third kappa shape index (κ3) is 4.60. The van der Waals surface area contributed by atoms with Crippen molar-refractivity contribution in [2.45, 2.75) is 51.9 Å². The lowest BCUT2D eigenvalue weighted by Crippen LogP contribution is -2.53. The third-order valence-corrected chi connectivity index (χ3v) is 3.40. The van der Waals surface area contributed by atoms with Crippen molar-refractivity contribution in [3.05, 3.63) is 49.2 Å².